The number of nitrogens with one attached hydrogen (secondary N) is 1. The van der Waals surface area contributed by atoms with Crippen LogP contribution in [0.1, 0.15) is 19.8 Å². The summed E-state index contributed by atoms with van der Waals surface area (Å²) in [5.74, 6) is 0.661. The number of guanidine groups is 1. The number of ether oxygens (including phenoxy) is 1. The minimum absolute atomic E-state index is 0.449. The highest BCUT2D eigenvalue weighted by atomic mass is 16.5. The minimum atomic E-state index is 0.449. The molecule has 0 saturated carbocycles. The van der Waals surface area contributed by atoms with Crippen LogP contribution in [0, 0.1) is 0 Å². The fourth-order valence-corrected chi connectivity index (χ4v) is 1.32. The molecule has 1 saturated heterocycles. The molecule has 1 rings (SSSR count). The molecular formula is C9H17N3O. The maximum absolute atomic E-state index is 5.25. The Kier molecular flexibility index (Phi) is 4.46. The summed E-state index contributed by atoms with van der Waals surface area (Å²) >= 11 is 0. The summed E-state index contributed by atoms with van der Waals surface area (Å²) in [6, 6.07) is 0.449. The van der Waals surface area contributed by atoms with Gasteiger partial charge in [-0.25, -0.2) is 4.99 Å². The first-order valence-corrected chi connectivity index (χ1v) is 4.72. The predicted octanol–water partition coefficient (Wildman–Crippen LogP) is 0.831. The highest BCUT2D eigenvalue weighted by Gasteiger charge is 2.13. The molecule has 0 aromatic rings. The minimum Gasteiger partial charge on any atom is -0.381 e. The second-order valence-electron chi connectivity index (χ2n) is 2.99. The smallest absolute Gasteiger partial charge is 0.217 e. The Bertz CT molecular complexity index is 185. The van der Waals surface area contributed by atoms with Crippen LogP contribution in [0.4, 0.5) is 0 Å². The zero-order valence-corrected chi connectivity index (χ0v) is 8.12. The van der Waals surface area contributed by atoms with Crippen molar-refractivity contribution in [3.05, 3.63) is 0 Å². The average Bonchev–Trinajstić information content (AvgIpc) is 2.19. The predicted molar refractivity (Wildman–Crippen MR) is 54.5 cm³/mol. The van der Waals surface area contributed by atoms with Gasteiger partial charge in [0.15, 0.2) is 0 Å². The van der Waals surface area contributed by atoms with Gasteiger partial charge in [0.25, 0.3) is 0 Å². The summed E-state index contributed by atoms with van der Waals surface area (Å²) in [5.41, 5.74) is 0. The third-order valence-electron chi connectivity index (χ3n) is 2.01. The Morgan fingerprint density at radius 2 is 2.23 bits per heavy atom. The van der Waals surface area contributed by atoms with E-state index in [9.17, 15) is 0 Å². The van der Waals surface area contributed by atoms with Gasteiger partial charge in [-0.2, -0.15) is 0 Å². The average molecular weight is 183 g/mol. The first-order chi connectivity index (χ1) is 6.36. The van der Waals surface area contributed by atoms with Crippen molar-refractivity contribution in [2.45, 2.75) is 25.8 Å². The van der Waals surface area contributed by atoms with E-state index in [-0.39, 0.29) is 0 Å². The third kappa shape index (κ3) is 3.55. The number of hydrogen-bond donors (Lipinski definition) is 1. The lowest BCUT2D eigenvalue weighted by molar-refractivity contribution is 0.0824. The summed E-state index contributed by atoms with van der Waals surface area (Å²) in [7, 11) is 0. The van der Waals surface area contributed by atoms with Crippen molar-refractivity contribution in [1.82, 2.24) is 5.32 Å². The van der Waals surface area contributed by atoms with Crippen molar-refractivity contribution >= 4 is 12.7 Å². The van der Waals surface area contributed by atoms with Crippen molar-refractivity contribution in [3.63, 3.8) is 0 Å². The van der Waals surface area contributed by atoms with E-state index in [1.807, 2.05) is 6.92 Å². The normalized spacial score (nSPS) is 19.9. The molecule has 0 unspecified atom stereocenters. The molecule has 0 atom stereocenters. The number of aliphatic imine (C=N–C) groups is 2. The lowest BCUT2D eigenvalue weighted by Crippen LogP contribution is -2.38. The van der Waals surface area contributed by atoms with Crippen LogP contribution >= 0.6 is 0 Å². The van der Waals surface area contributed by atoms with Gasteiger partial charge in [-0.05, 0) is 26.5 Å². The largest absolute Gasteiger partial charge is 0.381 e. The second-order valence-corrected chi connectivity index (χ2v) is 2.99. The number of nitrogens with zero attached hydrogens (tertiary/aromatic N) is 2. The van der Waals surface area contributed by atoms with E-state index >= 15 is 0 Å². The molecule has 0 aliphatic carbocycles. The molecule has 0 amide bonds. The Hall–Kier alpha value is -0.900. The van der Waals surface area contributed by atoms with E-state index in [0.717, 1.165) is 32.6 Å². The quantitative estimate of drug-likeness (QED) is 0.509. The SMILES string of the molecule is C=N/C(=N\CC)NC1CCOCC1. The Morgan fingerprint density at radius 1 is 1.54 bits per heavy atom. The summed E-state index contributed by atoms with van der Waals surface area (Å²) in [4.78, 5) is 7.99. The van der Waals surface area contributed by atoms with Gasteiger partial charge in [0.2, 0.25) is 5.96 Å². The fraction of sp³-hybridized carbons (Fsp3) is 0.778. The van der Waals surface area contributed by atoms with Crippen molar-refractivity contribution in [1.29, 1.82) is 0 Å². The van der Waals surface area contributed by atoms with Gasteiger partial charge < -0.3 is 10.1 Å². The number of hydrogen-bond acceptors (Lipinski definition) is 2. The maximum Gasteiger partial charge on any atom is 0.217 e. The molecule has 0 radical (unpaired) electrons. The van der Waals surface area contributed by atoms with E-state index in [4.69, 9.17) is 4.74 Å². The van der Waals surface area contributed by atoms with Crippen molar-refractivity contribution in [2.75, 3.05) is 19.8 Å². The zero-order valence-electron chi connectivity index (χ0n) is 8.12. The van der Waals surface area contributed by atoms with E-state index in [1.165, 1.54) is 0 Å². The Balaban J connectivity index is 2.35. The molecule has 0 aromatic carbocycles. The van der Waals surface area contributed by atoms with Crippen LogP contribution in [0.5, 0.6) is 0 Å². The van der Waals surface area contributed by atoms with E-state index in [2.05, 4.69) is 22.0 Å². The van der Waals surface area contributed by atoms with Gasteiger partial charge >= 0.3 is 0 Å². The molecular weight excluding hydrogens is 166 g/mol. The van der Waals surface area contributed by atoms with Crippen molar-refractivity contribution < 1.29 is 4.74 Å². The lowest BCUT2D eigenvalue weighted by atomic mass is 10.1. The lowest BCUT2D eigenvalue weighted by Gasteiger charge is -2.23. The van der Waals surface area contributed by atoms with Crippen LogP contribution in [-0.2, 0) is 4.74 Å². The topological polar surface area (TPSA) is 46.0 Å². The summed E-state index contributed by atoms with van der Waals surface area (Å²) < 4.78 is 5.25. The second kappa shape index (κ2) is 5.70. The number of rotatable bonds is 2. The van der Waals surface area contributed by atoms with Crippen LogP contribution in [-0.4, -0.2) is 38.5 Å². The summed E-state index contributed by atoms with van der Waals surface area (Å²) in [6.45, 7) is 7.85. The summed E-state index contributed by atoms with van der Waals surface area (Å²) in [5, 5.41) is 3.25. The first-order valence-electron chi connectivity index (χ1n) is 4.72. The molecule has 13 heavy (non-hydrogen) atoms. The van der Waals surface area contributed by atoms with Gasteiger partial charge in [-0.1, -0.05) is 0 Å². The van der Waals surface area contributed by atoms with Crippen LogP contribution in [0.25, 0.3) is 0 Å². The molecule has 0 bridgehead atoms. The maximum atomic E-state index is 5.25. The van der Waals surface area contributed by atoms with Gasteiger partial charge in [0, 0.05) is 25.8 Å². The van der Waals surface area contributed by atoms with E-state index in [0.29, 0.717) is 12.0 Å². The summed E-state index contributed by atoms with van der Waals surface area (Å²) in [6.07, 6.45) is 2.05. The fourth-order valence-electron chi connectivity index (χ4n) is 1.32. The molecule has 74 valence electrons. The van der Waals surface area contributed by atoms with Crippen LogP contribution < -0.4 is 5.32 Å². The van der Waals surface area contributed by atoms with E-state index < -0.39 is 0 Å². The monoisotopic (exact) mass is 183 g/mol. The molecule has 4 heteroatoms. The van der Waals surface area contributed by atoms with Crippen molar-refractivity contribution in [3.8, 4) is 0 Å². The molecule has 1 fully saturated rings. The van der Waals surface area contributed by atoms with E-state index in [1.54, 1.807) is 0 Å². The molecule has 1 heterocycles. The van der Waals surface area contributed by atoms with Gasteiger partial charge in [-0.3, -0.25) is 4.99 Å². The first kappa shape index (κ1) is 10.2. The zero-order chi connectivity index (χ0) is 9.52. The molecule has 4 nitrogen and oxygen atoms in total. The molecule has 0 spiro atoms. The molecule has 1 aliphatic heterocycles. The molecule has 0 aromatic heterocycles. The Labute approximate surface area is 79.1 Å². The Morgan fingerprint density at radius 3 is 2.77 bits per heavy atom. The highest BCUT2D eigenvalue weighted by Crippen LogP contribution is 2.05. The van der Waals surface area contributed by atoms with Gasteiger partial charge in [0.1, 0.15) is 0 Å². The molecule has 1 aliphatic rings. The standard InChI is InChI=1S/C9H17N3O/c1-3-11-9(10-2)12-8-4-6-13-7-5-8/h8H,2-7H2,1H3,(H,11,12). The van der Waals surface area contributed by atoms with Crippen LogP contribution in [0.15, 0.2) is 9.98 Å². The third-order valence-corrected chi connectivity index (χ3v) is 2.01. The molecule has 1 N–H and O–H groups in total. The van der Waals surface area contributed by atoms with Crippen molar-refractivity contribution in [2.24, 2.45) is 9.98 Å². The van der Waals surface area contributed by atoms with Gasteiger partial charge in [0.05, 0.1) is 0 Å². The highest BCUT2D eigenvalue weighted by molar-refractivity contribution is 5.84. The van der Waals surface area contributed by atoms with Gasteiger partial charge in [-0.15, -0.1) is 0 Å². The van der Waals surface area contributed by atoms with Crippen LogP contribution in [0.3, 0.4) is 0 Å². The van der Waals surface area contributed by atoms with Crippen LogP contribution in [0.2, 0.25) is 0 Å².